The predicted octanol–water partition coefficient (Wildman–Crippen LogP) is 3.39. The number of rotatable bonds is 5. The first-order chi connectivity index (χ1) is 10.7. The summed E-state index contributed by atoms with van der Waals surface area (Å²) in [6, 6.07) is 14.3. The van der Waals surface area contributed by atoms with E-state index in [0.29, 0.717) is 12.5 Å². The lowest BCUT2D eigenvalue weighted by atomic mass is 10.1. The highest BCUT2D eigenvalue weighted by Crippen LogP contribution is 2.09. The zero-order chi connectivity index (χ0) is 15.8. The summed E-state index contributed by atoms with van der Waals surface area (Å²) < 4.78 is 13.1. The topological polar surface area (TPSA) is 36.4 Å². The number of guanidine groups is 1. The Morgan fingerprint density at radius 1 is 1.09 bits per heavy atom. The molecule has 0 unspecified atom stereocenters. The maximum absolute atomic E-state index is 13.1. The van der Waals surface area contributed by atoms with Crippen LogP contribution in [0.3, 0.4) is 0 Å². The van der Waals surface area contributed by atoms with Crippen molar-refractivity contribution in [3.8, 4) is 0 Å². The minimum atomic E-state index is -0.231. The van der Waals surface area contributed by atoms with Gasteiger partial charge in [-0.2, -0.15) is 0 Å². The summed E-state index contributed by atoms with van der Waals surface area (Å²) in [5.41, 5.74) is 2.08. The zero-order valence-corrected chi connectivity index (χ0v) is 13.2. The molecule has 2 N–H and O–H groups in total. The Labute approximate surface area is 135 Å². The van der Waals surface area contributed by atoms with Gasteiger partial charge in [-0.25, -0.2) is 4.39 Å². The van der Waals surface area contributed by atoms with Gasteiger partial charge in [0.05, 0.1) is 0 Å². The third kappa shape index (κ3) is 5.37. The average molecular weight is 320 g/mol. The van der Waals surface area contributed by atoms with Crippen LogP contribution in [-0.2, 0) is 13.0 Å². The first-order valence-corrected chi connectivity index (χ1v) is 7.48. The molecule has 2 aromatic carbocycles. The van der Waals surface area contributed by atoms with E-state index in [4.69, 9.17) is 11.6 Å². The Bertz CT molecular complexity index is 626. The number of hydrogen-bond acceptors (Lipinski definition) is 1. The second-order valence-electron chi connectivity index (χ2n) is 4.86. The summed E-state index contributed by atoms with van der Waals surface area (Å²) >= 11 is 5.86. The number of aliphatic imine (C=N–C) groups is 1. The van der Waals surface area contributed by atoms with Crippen molar-refractivity contribution in [3.63, 3.8) is 0 Å². The van der Waals surface area contributed by atoms with Gasteiger partial charge in [0.15, 0.2) is 5.96 Å². The number of benzene rings is 2. The molecule has 5 heteroatoms. The second-order valence-corrected chi connectivity index (χ2v) is 5.30. The molecule has 0 aliphatic rings. The smallest absolute Gasteiger partial charge is 0.191 e. The second kappa shape index (κ2) is 8.39. The number of nitrogens with one attached hydrogen (secondary N) is 2. The summed E-state index contributed by atoms with van der Waals surface area (Å²) in [6.07, 6.45) is 0.873. The van der Waals surface area contributed by atoms with Crippen molar-refractivity contribution < 1.29 is 4.39 Å². The van der Waals surface area contributed by atoms with E-state index < -0.39 is 0 Å². The molecule has 0 heterocycles. The van der Waals surface area contributed by atoms with Crippen molar-refractivity contribution in [3.05, 3.63) is 70.5 Å². The van der Waals surface area contributed by atoms with E-state index in [1.807, 2.05) is 30.3 Å². The van der Waals surface area contributed by atoms with Gasteiger partial charge in [0.25, 0.3) is 0 Å². The molecule has 22 heavy (non-hydrogen) atoms. The van der Waals surface area contributed by atoms with E-state index in [0.717, 1.165) is 23.6 Å². The van der Waals surface area contributed by atoms with E-state index in [-0.39, 0.29) is 5.82 Å². The van der Waals surface area contributed by atoms with Crippen LogP contribution in [0.5, 0.6) is 0 Å². The Morgan fingerprint density at radius 2 is 1.86 bits per heavy atom. The van der Waals surface area contributed by atoms with Gasteiger partial charge < -0.3 is 10.6 Å². The van der Waals surface area contributed by atoms with Crippen LogP contribution >= 0.6 is 11.6 Å². The summed E-state index contributed by atoms with van der Waals surface area (Å²) in [6.45, 7) is 1.28. The third-order valence-electron chi connectivity index (χ3n) is 3.19. The summed E-state index contributed by atoms with van der Waals surface area (Å²) in [5.74, 6) is 0.461. The third-order valence-corrected chi connectivity index (χ3v) is 3.44. The Balaban J connectivity index is 1.76. The lowest BCUT2D eigenvalue weighted by Gasteiger charge is -2.12. The van der Waals surface area contributed by atoms with Crippen molar-refractivity contribution in [1.82, 2.24) is 10.6 Å². The predicted molar refractivity (Wildman–Crippen MR) is 89.8 cm³/mol. The quantitative estimate of drug-likeness (QED) is 0.654. The van der Waals surface area contributed by atoms with E-state index in [9.17, 15) is 4.39 Å². The van der Waals surface area contributed by atoms with Crippen LogP contribution in [0.1, 0.15) is 11.1 Å². The van der Waals surface area contributed by atoms with Crippen molar-refractivity contribution in [2.24, 2.45) is 4.99 Å². The van der Waals surface area contributed by atoms with Crippen molar-refractivity contribution >= 4 is 17.6 Å². The Morgan fingerprint density at radius 3 is 2.55 bits per heavy atom. The minimum Gasteiger partial charge on any atom is -0.356 e. The van der Waals surface area contributed by atoms with Gasteiger partial charge in [0, 0.05) is 25.2 Å². The van der Waals surface area contributed by atoms with Gasteiger partial charge in [0.2, 0.25) is 0 Å². The standard InChI is InChI=1S/C17H19ClFN3/c1-20-17(22-12-14-3-2-4-16(19)11-14)21-10-9-13-5-7-15(18)8-6-13/h2-8,11H,9-10,12H2,1H3,(H2,20,21,22). The van der Waals surface area contributed by atoms with E-state index in [1.54, 1.807) is 13.1 Å². The molecule has 0 aliphatic carbocycles. The van der Waals surface area contributed by atoms with Gasteiger partial charge in [0.1, 0.15) is 5.82 Å². The molecule has 2 rings (SSSR count). The fourth-order valence-electron chi connectivity index (χ4n) is 2.03. The van der Waals surface area contributed by atoms with Gasteiger partial charge >= 0.3 is 0 Å². The molecular weight excluding hydrogens is 301 g/mol. The van der Waals surface area contributed by atoms with E-state index >= 15 is 0 Å². The molecule has 0 aromatic heterocycles. The Kier molecular flexibility index (Phi) is 6.22. The largest absolute Gasteiger partial charge is 0.356 e. The molecular formula is C17H19ClFN3. The molecule has 0 atom stereocenters. The minimum absolute atomic E-state index is 0.231. The Hall–Kier alpha value is -2.07. The fraction of sp³-hybridized carbons (Fsp3) is 0.235. The van der Waals surface area contributed by atoms with Crippen LogP contribution in [0.4, 0.5) is 4.39 Å². The molecule has 0 spiro atoms. The van der Waals surface area contributed by atoms with Crippen LogP contribution in [0.25, 0.3) is 0 Å². The molecule has 3 nitrogen and oxygen atoms in total. The van der Waals surface area contributed by atoms with Crippen molar-refractivity contribution in [2.45, 2.75) is 13.0 Å². The summed E-state index contributed by atoms with van der Waals surface area (Å²) in [5, 5.41) is 7.13. The molecule has 0 fully saturated rings. The highest BCUT2D eigenvalue weighted by molar-refractivity contribution is 6.30. The SMILES string of the molecule is CN=C(NCCc1ccc(Cl)cc1)NCc1cccc(F)c1. The number of halogens is 2. The van der Waals surface area contributed by atoms with Gasteiger partial charge in [-0.3, -0.25) is 4.99 Å². The van der Waals surface area contributed by atoms with Crippen molar-refractivity contribution in [2.75, 3.05) is 13.6 Å². The molecule has 116 valence electrons. The van der Waals surface area contributed by atoms with Crippen LogP contribution < -0.4 is 10.6 Å². The van der Waals surface area contributed by atoms with Crippen LogP contribution in [-0.4, -0.2) is 19.6 Å². The monoisotopic (exact) mass is 319 g/mol. The number of nitrogens with zero attached hydrogens (tertiary/aromatic N) is 1. The van der Waals surface area contributed by atoms with Crippen LogP contribution in [0.15, 0.2) is 53.5 Å². The maximum Gasteiger partial charge on any atom is 0.191 e. The molecule has 2 aromatic rings. The van der Waals surface area contributed by atoms with Crippen molar-refractivity contribution in [1.29, 1.82) is 0 Å². The lowest BCUT2D eigenvalue weighted by molar-refractivity contribution is 0.624. The maximum atomic E-state index is 13.1. The molecule has 0 saturated heterocycles. The van der Waals surface area contributed by atoms with Crippen LogP contribution in [0, 0.1) is 5.82 Å². The first kappa shape index (κ1) is 16.3. The van der Waals surface area contributed by atoms with E-state index in [2.05, 4.69) is 15.6 Å². The van der Waals surface area contributed by atoms with Gasteiger partial charge in [-0.15, -0.1) is 0 Å². The fourth-order valence-corrected chi connectivity index (χ4v) is 2.16. The number of hydrogen-bond donors (Lipinski definition) is 2. The summed E-state index contributed by atoms with van der Waals surface area (Å²) in [4.78, 5) is 4.15. The molecule has 0 radical (unpaired) electrons. The molecule has 0 saturated carbocycles. The normalized spacial score (nSPS) is 11.3. The van der Waals surface area contributed by atoms with E-state index in [1.165, 1.54) is 17.7 Å². The lowest BCUT2D eigenvalue weighted by Crippen LogP contribution is -2.37. The first-order valence-electron chi connectivity index (χ1n) is 7.11. The average Bonchev–Trinajstić information content (AvgIpc) is 2.52. The van der Waals surface area contributed by atoms with Crippen LogP contribution in [0.2, 0.25) is 5.02 Å². The van der Waals surface area contributed by atoms with Gasteiger partial charge in [-0.1, -0.05) is 35.9 Å². The van der Waals surface area contributed by atoms with Gasteiger partial charge in [-0.05, 0) is 41.8 Å². The highest BCUT2D eigenvalue weighted by Gasteiger charge is 2.00. The zero-order valence-electron chi connectivity index (χ0n) is 12.4. The molecule has 0 amide bonds. The summed E-state index contributed by atoms with van der Waals surface area (Å²) in [7, 11) is 1.71. The highest BCUT2D eigenvalue weighted by atomic mass is 35.5. The molecule has 0 aliphatic heterocycles. The molecule has 0 bridgehead atoms.